The van der Waals surface area contributed by atoms with E-state index in [0.717, 1.165) is 67.8 Å². The highest BCUT2D eigenvalue weighted by Crippen LogP contribution is 2.29. The average Bonchev–Trinajstić information content (AvgIpc) is 3.84. The summed E-state index contributed by atoms with van der Waals surface area (Å²) in [4.78, 5) is 34.4. The van der Waals surface area contributed by atoms with E-state index in [4.69, 9.17) is 47.2 Å². The van der Waals surface area contributed by atoms with Crippen LogP contribution in [0.4, 0.5) is 0 Å². The van der Waals surface area contributed by atoms with Crippen LogP contribution in [0.15, 0.2) is 106 Å². The predicted molar refractivity (Wildman–Crippen MR) is 244 cm³/mol. The Morgan fingerprint density at radius 3 is 1.19 bits per heavy atom. The number of carbonyl (C=O) groups is 2. The number of rotatable bonds is 23. The van der Waals surface area contributed by atoms with Crippen molar-refractivity contribution < 1.29 is 46.8 Å². The summed E-state index contributed by atoms with van der Waals surface area (Å²) in [6, 6.07) is 31.6. The minimum Gasteiger partial charge on any atom is -0.493 e. The molecule has 0 radical (unpaired) electrons. The molecule has 0 fully saturated rings. The van der Waals surface area contributed by atoms with Gasteiger partial charge in [0.15, 0.2) is 12.2 Å². The minimum atomic E-state index is -0.647. The fourth-order valence-electron chi connectivity index (χ4n) is 7.02. The van der Waals surface area contributed by atoms with Crippen LogP contribution in [0.3, 0.4) is 0 Å². The molecule has 0 amide bonds. The Morgan fingerprint density at radius 1 is 0.516 bits per heavy atom. The van der Waals surface area contributed by atoms with E-state index in [1.54, 1.807) is 0 Å². The molecule has 0 saturated heterocycles. The first-order chi connectivity index (χ1) is 30.9. The monoisotopic (exact) mass is 872 g/mol. The summed E-state index contributed by atoms with van der Waals surface area (Å²) in [5.74, 6) is 3.38. The van der Waals surface area contributed by atoms with Crippen molar-refractivity contribution in [2.24, 2.45) is 0 Å². The van der Waals surface area contributed by atoms with E-state index < -0.39 is 12.2 Å². The number of aromatic nitrogens is 2. The van der Waals surface area contributed by atoms with Crippen molar-refractivity contribution >= 4 is 11.9 Å². The van der Waals surface area contributed by atoms with Gasteiger partial charge in [0.25, 0.3) is 0 Å². The largest absolute Gasteiger partial charge is 0.493 e. The third-order valence-corrected chi connectivity index (χ3v) is 10.3. The molecule has 2 aromatic heterocycles. The lowest BCUT2D eigenvalue weighted by atomic mass is 10.0. The lowest BCUT2D eigenvalue weighted by Crippen LogP contribution is -2.30. The molecular weight excluding hydrogens is 813 g/mol. The molecule has 4 aromatic carbocycles. The molecule has 0 saturated carbocycles. The van der Waals surface area contributed by atoms with Gasteiger partial charge in [-0.2, -0.15) is 0 Å². The Labute approximate surface area is 376 Å². The Kier molecular flexibility index (Phi) is 16.9. The van der Waals surface area contributed by atoms with E-state index in [1.165, 1.54) is 0 Å². The van der Waals surface area contributed by atoms with Crippen molar-refractivity contribution in [1.82, 2.24) is 9.97 Å². The quantitative estimate of drug-likeness (QED) is 0.0566. The van der Waals surface area contributed by atoms with Crippen molar-refractivity contribution in [2.45, 2.75) is 105 Å². The van der Waals surface area contributed by atoms with E-state index in [1.807, 2.05) is 128 Å². The third kappa shape index (κ3) is 13.4. The molecule has 6 aromatic rings. The number of hydrogen-bond acceptors (Lipinski definition) is 12. The van der Waals surface area contributed by atoms with E-state index >= 15 is 0 Å². The number of hydrogen-bond donors (Lipinski definition) is 0. The van der Waals surface area contributed by atoms with Gasteiger partial charge in [-0.25, -0.2) is 19.6 Å². The second kappa shape index (κ2) is 22.9. The highest BCUT2D eigenvalue weighted by atomic mass is 16.6. The second-order valence-corrected chi connectivity index (χ2v) is 16.0. The molecule has 2 heterocycles. The lowest BCUT2D eigenvalue weighted by molar-refractivity contribution is -0.161. The van der Waals surface area contributed by atoms with Gasteiger partial charge in [-0.15, -0.1) is 0 Å². The van der Waals surface area contributed by atoms with Crippen LogP contribution in [0.2, 0.25) is 0 Å². The summed E-state index contributed by atoms with van der Waals surface area (Å²) in [5, 5.41) is 0. The minimum absolute atomic E-state index is 0.199. The summed E-state index contributed by atoms with van der Waals surface area (Å²) >= 11 is 0. The molecule has 12 heteroatoms. The molecule has 338 valence electrons. The molecule has 0 N–H and O–H groups in total. The van der Waals surface area contributed by atoms with Crippen LogP contribution in [-0.4, -0.2) is 72.7 Å². The van der Waals surface area contributed by atoms with Crippen LogP contribution in [0.5, 0.6) is 11.5 Å². The van der Waals surface area contributed by atoms with Gasteiger partial charge in [0.05, 0.1) is 36.8 Å². The van der Waals surface area contributed by atoms with Crippen LogP contribution in [-0.2, 0) is 54.2 Å². The number of carbonyl (C=O) groups excluding carboxylic acids is 2. The number of ether oxygens (including phenoxy) is 6. The number of esters is 2. The fraction of sp³-hybridized carbons (Fsp3) is 0.385. The highest BCUT2D eigenvalue weighted by Gasteiger charge is 2.23. The van der Waals surface area contributed by atoms with Crippen molar-refractivity contribution in [3.8, 4) is 45.5 Å². The summed E-state index contributed by atoms with van der Waals surface area (Å²) in [7, 11) is 0. The standard InChI is InChI=1S/C52H60N2O10/c1-9-57-47(51(55)61-33(3)4)31-37-11-23-43(24-12-37)59-29-27-45-35(7)63-49(53-45)41-19-15-39(16-20-41)40-17-21-42(22-18-40)50-54-46(36(8)64-50)28-30-60-44-25-13-38(14-26-44)32-48(58-10-2)52(56)62-34(5)6/h11-26,33-34,47-48H,9-10,27-32H2,1-8H3/t47-,48?/m0/s1. The first-order valence-corrected chi connectivity index (χ1v) is 22.1. The number of aryl methyl sites for hydroxylation is 2. The van der Waals surface area contributed by atoms with Gasteiger partial charge in [0.2, 0.25) is 11.8 Å². The average molecular weight is 873 g/mol. The van der Waals surface area contributed by atoms with Gasteiger partial charge in [0, 0.05) is 50.0 Å². The highest BCUT2D eigenvalue weighted by molar-refractivity contribution is 5.76. The molecule has 1 unspecified atom stereocenters. The topological polar surface area (TPSA) is 142 Å². The van der Waals surface area contributed by atoms with Crippen LogP contribution in [0.1, 0.15) is 75.6 Å². The first kappa shape index (κ1) is 47.2. The first-order valence-electron chi connectivity index (χ1n) is 22.1. The molecule has 0 bridgehead atoms. The Morgan fingerprint density at radius 2 is 0.859 bits per heavy atom. The number of oxazole rings is 2. The van der Waals surface area contributed by atoms with Gasteiger partial charge in [-0.05, 0) is 126 Å². The summed E-state index contributed by atoms with van der Waals surface area (Å²) in [6.45, 7) is 16.6. The molecular formula is C52H60N2O10. The predicted octanol–water partition coefficient (Wildman–Crippen LogP) is 10.3. The second-order valence-electron chi connectivity index (χ2n) is 16.0. The van der Waals surface area contributed by atoms with Crippen molar-refractivity contribution in [3.63, 3.8) is 0 Å². The maximum atomic E-state index is 12.4. The molecule has 6 rings (SSSR count). The summed E-state index contributed by atoms with van der Waals surface area (Å²) in [6.07, 6.45) is 0.329. The molecule has 0 aliphatic heterocycles. The van der Waals surface area contributed by atoms with Crippen LogP contribution >= 0.6 is 0 Å². The van der Waals surface area contributed by atoms with Crippen LogP contribution in [0, 0.1) is 13.8 Å². The van der Waals surface area contributed by atoms with E-state index in [0.29, 0.717) is 63.9 Å². The van der Waals surface area contributed by atoms with Gasteiger partial charge in [0.1, 0.15) is 23.0 Å². The Bertz CT molecular complexity index is 2210. The SMILES string of the molecule is CCOC(Cc1ccc(OCCc2nc(-c3ccc(-c4ccc(-c5nc(CCOc6ccc(C[C@H](OCC)C(=O)OC(C)C)cc6)c(C)o5)cc4)cc3)oc2C)cc1)C(=O)OC(C)C. The van der Waals surface area contributed by atoms with E-state index in [9.17, 15) is 9.59 Å². The van der Waals surface area contributed by atoms with Gasteiger partial charge in [-0.3, -0.25) is 0 Å². The molecule has 0 spiro atoms. The molecule has 12 nitrogen and oxygen atoms in total. The van der Waals surface area contributed by atoms with Crippen molar-refractivity contribution in [3.05, 3.63) is 131 Å². The lowest BCUT2D eigenvalue weighted by Gasteiger charge is -2.18. The van der Waals surface area contributed by atoms with Gasteiger partial charge in [-0.1, -0.05) is 48.5 Å². The van der Waals surface area contributed by atoms with Crippen LogP contribution < -0.4 is 9.47 Å². The maximum Gasteiger partial charge on any atom is 0.335 e. The maximum absolute atomic E-state index is 12.4. The van der Waals surface area contributed by atoms with Crippen molar-refractivity contribution in [1.29, 1.82) is 0 Å². The zero-order valence-corrected chi connectivity index (χ0v) is 38.2. The fourth-order valence-corrected chi connectivity index (χ4v) is 7.02. The Balaban J connectivity index is 0.968. The van der Waals surface area contributed by atoms with E-state index in [-0.39, 0.29) is 24.1 Å². The van der Waals surface area contributed by atoms with E-state index in [2.05, 4.69) is 24.3 Å². The van der Waals surface area contributed by atoms with Crippen LogP contribution in [0.25, 0.3) is 34.0 Å². The number of nitrogens with zero attached hydrogens (tertiary/aromatic N) is 2. The third-order valence-electron chi connectivity index (χ3n) is 10.3. The summed E-state index contributed by atoms with van der Waals surface area (Å²) < 4.78 is 46.2. The Hall–Kier alpha value is -6.24. The molecule has 0 aliphatic rings. The zero-order valence-electron chi connectivity index (χ0n) is 38.2. The zero-order chi connectivity index (χ0) is 45.6. The molecule has 0 aliphatic carbocycles. The smallest absolute Gasteiger partial charge is 0.335 e. The van der Waals surface area contributed by atoms with Gasteiger partial charge >= 0.3 is 11.9 Å². The molecule has 64 heavy (non-hydrogen) atoms. The molecule has 2 atom stereocenters. The van der Waals surface area contributed by atoms with Gasteiger partial charge < -0.3 is 37.3 Å². The number of benzene rings is 4. The summed E-state index contributed by atoms with van der Waals surface area (Å²) in [5.41, 5.74) is 7.47. The van der Waals surface area contributed by atoms with Crippen molar-refractivity contribution in [2.75, 3.05) is 26.4 Å². The normalized spacial score (nSPS) is 12.3.